The van der Waals surface area contributed by atoms with Gasteiger partial charge in [0.2, 0.25) is 17.6 Å². The van der Waals surface area contributed by atoms with Gasteiger partial charge in [-0.25, -0.2) is 0 Å². The van der Waals surface area contributed by atoms with Crippen molar-refractivity contribution in [2.45, 2.75) is 32.1 Å². The fourth-order valence-electron chi connectivity index (χ4n) is 3.53. The Hall–Kier alpha value is -1.73. The molecule has 128 valence electrons. The molecule has 1 unspecified atom stereocenters. The van der Waals surface area contributed by atoms with E-state index >= 15 is 0 Å². The van der Waals surface area contributed by atoms with E-state index in [9.17, 15) is 4.79 Å². The number of thiophene rings is 1. The lowest BCUT2D eigenvalue weighted by molar-refractivity contribution is -0.130. The number of nitrogens with zero attached hydrogens (tertiary/aromatic N) is 3. The number of ether oxygens (including phenoxy) is 1. The maximum Gasteiger partial charge on any atom is 0.226 e. The van der Waals surface area contributed by atoms with Gasteiger partial charge in [-0.3, -0.25) is 4.79 Å². The van der Waals surface area contributed by atoms with Crippen molar-refractivity contribution in [3.8, 4) is 10.7 Å². The minimum atomic E-state index is 0.233. The third-order valence-electron chi connectivity index (χ3n) is 4.97. The van der Waals surface area contributed by atoms with Crippen LogP contribution in [0.4, 0.5) is 0 Å². The molecule has 6 nitrogen and oxygen atoms in total. The van der Waals surface area contributed by atoms with Crippen LogP contribution in [0.25, 0.3) is 10.7 Å². The van der Waals surface area contributed by atoms with Crippen molar-refractivity contribution in [1.29, 1.82) is 0 Å². The zero-order valence-electron chi connectivity index (χ0n) is 13.6. The summed E-state index contributed by atoms with van der Waals surface area (Å²) >= 11 is 1.59. The molecule has 4 rings (SSSR count). The zero-order valence-corrected chi connectivity index (χ0v) is 14.4. The van der Waals surface area contributed by atoms with Gasteiger partial charge in [-0.1, -0.05) is 11.2 Å². The fraction of sp³-hybridized carbons (Fsp3) is 0.588. The molecule has 0 aromatic carbocycles. The van der Waals surface area contributed by atoms with Crippen LogP contribution in [0, 0.1) is 5.41 Å². The lowest BCUT2D eigenvalue weighted by Crippen LogP contribution is -2.32. The smallest absolute Gasteiger partial charge is 0.226 e. The molecule has 0 N–H and O–H groups in total. The van der Waals surface area contributed by atoms with E-state index in [1.54, 1.807) is 11.3 Å². The fourth-order valence-corrected chi connectivity index (χ4v) is 4.18. The molecule has 24 heavy (non-hydrogen) atoms. The van der Waals surface area contributed by atoms with Gasteiger partial charge < -0.3 is 14.2 Å². The van der Waals surface area contributed by atoms with Crippen LogP contribution in [0.3, 0.4) is 0 Å². The highest BCUT2D eigenvalue weighted by atomic mass is 32.1. The number of aromatic nitrogens is 2. The SMILES string of the molecule is O=C(CCCc1nc(-c2cccs2)no1)N1CCC2(CCOC2)C1. The lowest BCUT2D eigenvalue weighted by atomic mass is 9.87. The van der Waals surface area contributed by atoms with Crippen molar-refractivity contribution in [3.63, 3.8) is 0 Å². The molecule has 4 heterocycles. The minimum absolute atomic E-state index is 0.233. The van der Waals surface area contributed by atoms with Crippen LogP contribution < -0.4 is 0 Å². The van der Waals surface area contributed by atoms with E-state index in [2.05, 4.69) is 10.1 Å². The Morgan fingerprint density at radius 1 is 1.42 bits per heavy atom. The summed E-state index contributed by atoms with van der Waals surface area (Å²) in [5.74, 6) is 1.47. The van der Waals surface area contributed by atoms with E-state index in [0.29, 0.717) is 24.6 Å². The normalized spacial score (nSPS) is 23.4. The third-order valence-corrected chi connectivity index (χ3v) is 5.83. The van der Waals surface area contributed by atoms with Gasteiger partial charge >= 0.3 is 0 Å². The number of hydrogen-bond acceptors (Lipinski definition) is 6. The first-order valence-electron chi connectivity index (χ1n) is 8.46. The number of carbonyl (C=O) groups excluding carboxylic acids is 1. The minimum Gasteiger partial charge on any atom is -0.381 e. The molecule has 0 saturated carbocycles. The Morgan fingerprint density at radius 3 is 3.17 bits per heavy atom. The number of aryl methyl sites for hydroxylation is 1. The summed E-state index contributed by atoms with van der Waals surface area (Å²) in [4.78, 5) is 19.8. The van der Waals surface area contributed by atoms with E-state index in [4.69, 9.17) is 9.26 Å². The van der Waals surface area contributed by atoms with E-state index < -0.39 is 0 Å². The lowest BCUT2D eigenvalue weighted by Gasteiger charge is -2.21. The van der Waals surface area contributed by atoms with Gasteiger partial charge in [0, 0.05) is 38.0 Å². The molecule has 2 aromatic heterocycles. The Morgan fingerprint density at radius 2 is 2.38 bits per heavy atom. The number of rotatable bonds is 5. The average Bonchev–Trinajstić information content (AvgIpc) is 3.37. The second-order valence-electron chi connectivity index (χ2n) is 6.71. The van der Waals surface area contributed by atoms with E-state index in [1.165, 1.54) is 0 Å². The molecule has 2 fully saturated rings. The molecule has 1 atom stereocenters. The molecule has 2 aromatic rings. The van der Waals surface area contributed by atoms with E-state index in [0.717, 1.165) is 50.4 Å². The van der Waals surface area contributed by atoms with Crippen molar-refractivity contribution >= 4 is 17.2 Å². The van der Waals surface area contributed by atoms with Gasteiger partial charge in [0.05, 0.1) is 11.5 Å². The predicted molar refractivity (Wildman–Crippen MR) is 89.6 cm³/mol. The highest BCUT2D eigenvalue weighted by Crippen LogP contribution is 2.38. The molecule has 2 saturated heterocycles. The number of hydrogen-bond donors (Lipinski definition) is 0. The van der Waals surface area contributed by atoms with Gasteiger partial charge in [-0.05, 0) is 30.7 Å². The van der Waals surface area contributed by atoms with Gasteiger partial charge in [-0.2, -0.15) is 4.98 Å². The standard InChI is InChI=1S/C17H21N3O3S/c21-15(20-8-6-17(11-20)7-9-22-12-17)5-1-4-14-18-16(19-23-14)13-3-2-10-24-13/h2-3,10H,1,4-9,11-12H2. The largest absolute Gasteiger partial charge is 0.381 e. The highest BCUT2D eigenvalue weighted by molar-refractivity contribution is 7.13. The second-order valence-corrected chi connectivity index (χ2v) is 7.66. The molecule has 0 radical (unpaired) electrons. The van der Waals surface area contributed by atoms with E-state index in [-0.39, 0.29) is 11.3 Å². The van der Waals surface area contributed by atoms with Crippen molar-refractivity contribution in [2.75, 3.05) is 26.3 Å². The molecular formula is C17H21N3O3S. The molecular weight excluding hydrogens is 326 g/mol. The molecule has 0 aliphatic carbocycles. The van der Waals surface area contributed by atoms with Crippen LogP contribution in [-0.4, -0.2) is 47.3 Å². The molecule has 0 bridgehead atoms. The summed E-state index contributed by atoms with van der Waals surface area (Å²) in [5, 5.41) is 5.99. The Kier molecular flexibility index (Phi) is 4.37. The van der Waals surface area contributed by atoms with Crippen LogP contribution >= 0.6 is 11.3 Å². The van der Waals surface area contributed by atoms with Gasteiger partial charge in [0.15, 0.2) is 0 Å². The Labute approximate surface area is 144 Å². The zero-order chi connectivity index (χ0) is 16.4. The Balaban J connectivity index is 1.25. The predicted octanol–water partition coefficient (Wildman–Crippen LogP) is 2.76. The first-order chi connectivity index (χ1) is 11.7. The molecule has 2 aliphatic heterocycles. The first kappa shape index (κ1) is 15.8. The van der Waals surface area contributed by atoms with Crippen LogP contribution in [0.2, 0.25) is 0 Å². The molecule has 1 amide bonds. The van der Waals surface area contributed by atoms with Crippen LogP contribution in [-0.2, 0) is 16.0 Å². The maximum absolute atomic E-state index is 12.4. The van der Waals surface area contributed by atoms with Crippen molar-refractivity contribution in [2.24, 2.45) is 5.41 Å². The summed E-state index contributed by atoms with van der Waals surface area (Å²) in [6.45, 7) is 3.37. The number of likely N-dealkylation sites (tertiary alicyclic amines) is 1. The van der Waals surface area contributed by atoms with Crippen LogP contribution in [0.1, 0.15) is 31.6 Å². The van der Waals surface area contributed by atoms with E-state index in [1.807, 2.05) is 22.4 Å². The van der Waals surface area contributed by atoms with Crippen LogP contribution in [0.15, 0.2) is 22.0 Å². The second kappa shape index (κ2) is 6.64. The average molecular weight is 347 g/mol. The summed E-state index contributed by atoms with van der Waals surface area (Å²) in [6, 6.07) is 3.94. The summed E-state index contributed by atoms with van der Waals surface area (Å²) in [5.41, 5.74) is 0.234. The summed E-state index contributed by atoms with van der Waals surface area (Å²) < 4.78 is 10.8. The summed E-state index contributed by atoms with van der Waals surface area (Å²) in [6.07, 6.45) is 4.08. The van der Waals surface area contributed by atoms with Gasteiger partial charge in [-0.15, -0.1) is 11.3 Å². The quantitative estimate of drug-likeness (QED) is 0.832. The third kappa shape index (κ3) is 3.23. The maximum atomic E-state index is 12.4. The molecule has 7 heteroatoms. The molecule has 2 aliphatic rings. The summed E-state index contributed by atoms with van der Waals surface area (Å²) in [7, 11) is 0. The highest BCUT2D eigenvalue weighted by Gasteiger charge is 2.42. The number of carbonyl (C=O) groups is 1. The van der Waals surface area contributed by atoms with Crippen molar-refractivity contribution in [1.82, 2.24) is 15.0 Å². The Bertz CT molecular complexity index is 692. The van der Waals surface area contributed by atoms with Gasteiger partial charge in [0.25, 0.3) is 0 Å². The number of amides is 1. The topological polar surface area (TPSA) is 68.5 Å². The first-order valence-corrected chi connectivity index (χ1v) is 9.34. The van der Waals surface area contributed by atoms with Crippen molar-refractivity contribution in [3.05, 3.63) is 23.4 Å². The molecule has 1 spiro atoms. The monoisotopic (exact) mass is 347 g/mol. The van der Waals surface area contributed by atoms with Gasteiger partial charge in [0.1, 0.15) is 0 Å². The van der Waals surface area contributed by atoms with Crippen LogP contribution in [0.5, 0.6) is 0 Å². The van der Waals surface area contributed by atoms with Crippen molar-refractivity contribution < 1.29 is 14.1 Å².